The Kier molecular flexibility index (Phi) is 5.71. The van der Waals surface area contributed by atoms with Gasteiger partial charge in [0.05, 0.1) is 6.04 Å². The third kappa shape index (κ3) is 4.01. The SMILES string of the molecule is CSCCN1C(=O)C(CC(C)C)NC1c1cccc(C)c1. The number of carbonyl (C=O) groups excluding carboxylic acids is 1. The molecule has 1 aromatic rings. The third-order valence-electron chi connectivity index (χ3n) is 3.85. The summed E-state index contributed by atoms with van der Waals surface area (Å²) in [6, 6.07) is 8.41. The molecule has 1 aliphatic heterocycles. The first kappa shape index (κ1) is 16.4. The van der Waals surface area contributed by atoms with Crippen LogP contribution in [0.2, 0.25) is 0 Å². The van der Waals surface area contributed by atoms with Crippen molar-refractivity contribution in [2.45, 2.75) is 39.4 Å². The molecule has 2 rings (SSSR count). The van der Waals surface area contributed by atoms with Crippen LogP contribution in [0.5, 0.6) is 0 Å². The molecule has 1 saturated heterocycles. The van der Waals surface area contributed by atoms with Gasteiger partial charge in [-0.15, -0.1) is 0 Å². The molecule has 2 unspecified atom stereocenters. The van der Waals surface area contributed by atoms with Gasteiger partial charge in [-0.2, -0.15) is 11.8 Å². The van der Waals surface area contributed by atoms with Crippen LogP contribution in [0.25, 0.3) is 0 Å². The third-order valence-corrected chi connectivity index (χ3v) is 4.44. The maximum Gasteiger partial charge on any atom is 0.241 e. The fraction of sp³-hybridized carbons (Fsp3) is 0.588. The molecule has 0 aromatic heterocycles. The van der Waals surface area contributed by atoms with Gasteiger partial charge in [0.25, 0.3) is 0 Å². The van der Waals surface area contributed by atoms with E-state index in [2.05, 4.69) is 56.6 Å². The number of nitrogens with zero attached hydrogens (tertiary/aromatic N) is 1. The van der Waals surface area contributed by atoms with Gasteiger partial charge in [0.15, 0.2) is 0 Å². The predicted octanol–water partition coefficient (Wildman–Crippen LogP) is 3.20. The average molecular weight is 306 g/mol. The fourth-order valence-electron chi connectivity index (χ4n) is 2.86. The Labute approximate surface area is 132 Å². The number of rotatable bonds is 6. The van der Waals surface area contributed by atoms with E-state index in [9.17, 15) is 4.79 Å². The van der Waals surface area contributed by atoms with Gasteiger partial charge in [0, 0.05) is 12.3 Å². The fourth-order valence-corrected chi connectivity index (χ4v) is 3.24. The van der Waals surface area contributed by atoms with Crippen LogP contribution < -0.4 is 5.32 Å². The second-order valence-corrected chi connectivity index (χ2v) is 7.18. The Hall–Kier alpha value is -1.00. The molecule has 1 amide bonds. The van der Waals surface area contributed by atoms with E-state index >= 15 is 0 Å². The van der Waals surface area contributed by atoms with Crippen molar-refractivity contribution in [2.24, 2.45) is 5.92 Å². The van der Waals surface area contributed by atoms with Crippen molar-refractivity contribution >= 4 is 17.7 Å². The van der Waals surface area contributed by atoms with E-state index in [-0.39, 0.29) is 18.1 Å². The number of carbonyl (C=O) groups is 1. The highest BCUT2D eigenvalue weighted by Gasteiger charge is 2.39. The maximum absolute atomic E-state index is 12.7. The van der Waals surface area contributed by atoms with Crippen LogP contribution >= 0.6 is 11.8 Å². The van der Waals surface area contributed by atoms with Gasteiger partial charge in [-0.05, 0) is 31.1 Å². The highest BCUT2D eigenvalue weighted by molar-refractivity contribution is 7.98. The summed E-state index contributed by atoms with van der Waals surface area (Å²) in [6.07, 6.45) is 3.01. The number of hydrogen-bond acceptors (Lipinski definition) is 3. The quantitative estimate of drug-likeness (QED) is 0.876. The lowest BCUT2D eigenvalue weighted by Crippen LogP contribution is -2.33. The Bertz CT molecular complexity index is 489. The first-order valence-corrected chi connectivity index (χ1v) is 9.04. The Morgan fingerprint density at radius 3 is 2.76 bits per heavy atom. The molecular formula is C17H26N2OS. The second kappa shape index (κ2) is 7.32. The molecule has 1 heterocycles. The number of nitrogens with one attached hydrogen (secondary N) is 1. The zero-order valence-corrected chi connectivity index (χ0v) is 14.2. The first-order valence-electron chi connectivity index (χ1n) is 7.65. The summed E-state index contributed by atoms with van der Waals surface area (Å²) >= 11 is 1.78. The van der Waals surface area contributed by atoms with E-state index in [1.807, 2.05) is 4.90 Å². The highest BCUT2D eigenvalue weighted by Crippen LogP contribution is 2.28. The largest absolute Gasteiger partial charge is 0.321 e. The molecule has 0 saturated carbocycles. The maximum atomic E-state index is 12.7. The Morgan fingerprint density at radius 1 is 1.38 bits per heavy atom. The zero-order chi connectivity index (χ0) is 15.4. The topological polar surface area (TPSA) is 32.3 Å². The molecule has 0 aliphatic carbocycles. The predicted molar refractivity (Wildman–Crippen MR) is 90.4 cm³/mol. The molecule has 21 heavy (non-hydrogen) atoms. The normalized spacial score (nSPS) is 22.3. The van der Waals surface area contributed by atoms with Crippen molar-refractivity contribution < 1.29 is 4.79 Å². The minimum absolute atomic E-state index is 0.0216. The molecule has 1 aromatic carbocycles. The van der Waals surface area contributed by atoms with Crippen molar-refractivity contribution in [1.29, 1.82) is 0 Å². The van der Waals surface area contributed by atoms with Crippen LogP contribution in [0, 0.1) is 12.8 Å². The molecule has 4 heteroatoms. The van der Waals surface area contributed by atoms with E-state index < -0.39 is 0 Å². The standard InChI is InChI=1S/C17H26N2OS/c1-12(2)10-15-17(20)19(8-9-21-4)16(18-15)14-7-5-6-13(3)11-14/h5-7,11-12,15-16,18H,8-10H2,1-4H3. The summed E-state index contributed by atoms with van der Waals surface area (Å²) in [5.74, 6) is 1.75. The molecule has 116 valence electrons. The van der Waals surface area contributed by atoms with Crippen molar-refractivity contribution in [3.63, 3.8) is 0 Å². The first-order chi connectivity index (χ1) is 10.0. The summed E-state index contributed by atoms with van der Waals surface area (Å²) in [6.45, 7) is 7.24. The molecule has 0 spiro atoms. The van der Waals surface area contributed by atoms with E-state index in [4.69, 9.17) is 0 Å². The number of benzene rings is 1. The number of hydrogen-bond donors (Lipinski definition) is 1. The summed E-state index contributed by atoms with van der Waals surface area (Å²) < 4.78 is 0. The number of thioether (sulfide) groups is 1. The van der Waals surface area contributed by atoms with Crippen LogP contribution in [-0.4, -0.2) is 35.4 Å². The van der Waals surface area contributed by atoms with Gasteiger partial charge in [-0.1, -0.05) is 43.7 Å². The molecule has 1 fully saturated rings. The van der Waals surface area contributed by atoms with Gasteiger partial charge in [-0.25, -0.2) is 0 Å². The smallest absolute Gasteiger partial charge is 0.241 e. The molecule has 0 bridgehead atoms. The van der Waals surface area contributed by atoms with Crippen LogP contribution in [0.1, 0.15) is 37.6 Å². The van der Waals surface area contributed by atoms with Gasteiger partial charge in [-0.3, -0.25) is 10.1 Å². The van der Waals surface area contributed by atoms with E-state index in [1.54, 1.807) is 11.8 Å². The van der Waals surface area contributed by atoms with Gasteiger partial charge in [0.2, 0.25) is 5.91 Å². The van der Waals surface area contributed by atoms with E-state index in [1.165, 1.54) is 11.1 Å². The zero-order valence-electron chi connectivity index (χ0n) is 13.4. The molecule has 3 nitrogen and oxygen atoms in total. The van der Waals surface area contributed by atoms with Crippen LogP contribution in [0.4, 0.5) is 0 Å². The van der Waals surface area contributed by atoms with Crippen molar-refractivity contribution in [2.75, 3.05) is 18.6 Å². The second-order valence-electron chi connectivity index (χ2n) is 6.19. The molecule has 1 aliphatic rings. The summed E-state index contributed by atoms with van der Waals surface area (Å²) in [4.78, 5) is 14.7. The van der Waals surface area contributed by atoms with E-state index in [0.29, 0.717) is 5.92 Å². The van der Waals surface area contributed by atoms with Crippen molar-refractivity contribution in [1.82, 2.24) is 10.2 Å². The van der Waals surface area contributed by atoms with Crippen LogP contribution in [-0.2, 0) is 4.79 Å². The highest BCUT2D eigenvalue weighted by atomic mass is 32.2. The van der Waals surface area contributed by atoms with Gasteiger partial charge >= 0.3 is 0 Å². The molecule has 0 radical (unpaired) electrons. The number of aryl methyl sites for hydroxylation is 1. The van der Waals surface area contributed by atoms with Crippen LogP contribution in [0.15, 0.2) is 24.3 Å². The summed E-state index contributed by atoms with van der Waals surface area (Å²) in [7, 11) is 0. The van der Waals surface area contributed by atoms with Crippen LogP contribution in [0.3, 0.4) is 0 Å². The lowest BCUT2D eigenvalue weighted by molar-refractivity contribution is -0.130. The molecule has 2 atom stereocenters. The lowest BCUT2D eigenvalue weighted by Gasteiger charge is -2.24. The lowest BCUT2D eigenvalue weighted by atomic mass is 10.0. The summed E-state index contributed by atoms with van der Waals surface area (Å²) in [5.41, 5.74) is 2.43. The minimum Gasteiger partial charge on any atom is -0.321 e. The van der Waals surface area contributed by atoms with Crippen molar-refractivity contribution in [3.05, 3.63) is 35.4 Å². The van der Waals surface area contributed by atoms with Crippen molar-refractivity contribution in [3.8, 4) is 0 Å². The van der Waals surface area contributed by atoms with Gasteiger partial charge in [0.1, 0.15) is 6.17 Å². The summed E-state index contributed by atoms with van der Waals surface area (Å²) in [5, 5.41) is 3.54. The Morgan fingerprint density at radius 2 is 2.14 bits per heavy atom. The van der Waals surface area contributed by atoms with Gasteiger partial charge < -0.3 is 4.90 Å². The molecule has 1 N–H and O–H groups in total. The average Bonchev–Trinajstić information content (AvgIpc) is 2.73. The minimum atomic E-state index is -0.0441. The Balaban J connectivity index is 2.21. The number of amides is 1. The molecular weight excluding hydrogens is 280 g/mol. The monoisotopic (exact) mass is 306 g/mol. The van der Waals surface area contributed by atoms with E-state index in [0.717, 1.165) is 18.7 Å².